The molecule has 2 aromatic rings. The molecule has 0 unspecified atom stereocenters. The summed E-state index contributed by atoms with van der Waals surface area (Å²) in [5, 5.41) is 0. The van der Waals surface area contributed by atoms with E-state index in [4.69, 9.17) is 18.9 Å². The SMILES string of the molecule is CCN(Cc1ccc(OC)c(OC)c1)C(=O)c1ccc(OC[C@H]2CCCO2)cc1. The third-order valence-corrected chi connectivity index (χ3v) is 5.05. The molecule has 0 spiro atoms. The highest BCUT2D eigenvalue weighted by Crippen LogP contribution is 2.28. The fraction of sp³-hybridized carbons (Fsp3) is 0.435. The Morgan fingerprint density at radius 3 is 2.48 bits per heavy atom. The van der Waals surface area contributed by atoms with E-state index in [1.165, 1.54) is 0 Å². The molecule has 0 radical (unpaired) electrons. The molecule has 6 nitrogen and oxygen atoms in total. The van der Waals surface area contributed by atoms with Crippen LogP contribution in [0.25, 0.3) is 0 Å². The molecule has 2 aromatic carbocycles. The second-order valence-electron chi connectivity index (χ2n) is 6.98. The van der Waals surface area contributed by atoms with Crippen LogP contribution in [0.15, 0.2) is 42.5 Å². The van der Waals surface area contributed by atoms with E-state index in [1.807, 2.05) is 49.4 Å². The van der Waals surface area contributed by atoms with Gasteiger partial charge in [0.25, 0.3) is 5.91 Å². The van der Waals surface area contributed by atoms with Crippen LogP contribution in [0, 0.1) is 0 Å². The number of benzene rings is 2. The maximum absolute atomic E-state index is 12.9. The van der Waals surface area contributed by atoms with Gasteiger partial charge < -0.3 is 23.8 Å². The van der Waals surface area contributed by atoms with Crippen LogP contribution < -0.4 is 14.2 Å². The van der Waals surface area contributed by atoms with E-state index < -0.39 is 0 Å². The first-order valence-corrected chi connectivity index (χ1v) is 9.99. The summed E-state index contributed by atoms with van der Waals surface area (Å²) >= 11 is 0. The van der Waals surface area contributed by atoms with E-state index in [1.54, 1.807) is 19.1 Å². The van der Waals surface area contributed by atoms with Gasteiger partial charge in [0.2, 0.25) is 0 Å². The molecule has 0 aliphatic carbocycles. The number of methoxy groups -OCH3 is 2. The third kappa shape index (κ3) is 5.41. The van der Waals surface area contributed by atoms with E-state index in [0.29, 0.717) is 36.8 Å². The Morgan fingerprint density at radius 2 is 1.86 bits per heavy atom. The number of nitrogens with zero attached hydrogens (tertiary/aromatic N) is 1. The lowest BCUT2D eigenvalue weighted by atomic mass is 10.1. The summed E-state index contributed by atoms with van der Waals surface area (Å²) in [6, 6.07) is 13.0. The molecule has 0 saturated carbocycles. The lowest BCUT2D eigenvalue weighted by Gasteiger charge is -2.22. The fourth-order valence-corrected chi connectivity index (χ4v) is 3.37. The molecule has 6 heteroatoms. The molecular weight excluding hydrogens is 370 g/mol. The minimum absolute atomic E-state index is 0.0204. The number of hydrogen-bond donors (Lipinski definition) is 0. The Balaban J connectivity index is 1.62. The maximum Gasteiger partial charge on any atom is 0.254 e. The van der Waals surface area contributed by atoms with Gasteiger partial charge in [0.1, 0.15) is 12.4 Å². The van der Waals surface area contributed by atoms with Gasteiger partial charge in [-0.05, 0) is 61.7 Å². The first-order chi connectivity index (χ1) is 14.1. The number of hydrogen-bond acceptors (Lipinski definition) is 5. The van der Waals surface area contributed by atoms with Crippen LogP contribution >= 0.6 is 0 Å². The van der Waals surface area contributed by atoms with Crippen molar-refractivity contribution >= 4 is 5.91 Å². The van der Waals surface area contributed by atoms with Gasteiger partial charge in [0.05, 0.1) is 20.3 Å². The van der Waals surface area contributed by atoms with Crippen LogP contribution in [-0.2, 0) is 11.3 Å². The van der Waals surface area contributed by atoms with E-state index in [0.717, 1.165) is 30.8 Å². The topological polar surface area (TPSA) is 57.2 Å². The van der Waals surface area contributed by atoms with Gasteiger partial charge in [0.15, 0.2) is 11.5 Å². The summed E-state index contributed by atoms with van der Waals surface area (Å²) in [6.07, 6.45) is 2.31. The largest absolute Gasteiger partial charge is 0.493 e. The quantitative estimate of drug-likeness (QED) is 0.640. The first-order valence-electron chi connectivity index (χ1n) is 9.99. The third-order valence-electron chi connectivity index (χ3n) is 5.05. The molecule has 1 saturated heterocycles. The van der Waals surface area contributed by atoms with Gasteiger partial charge in [-0.1, -0.05) is 6.07 Å². The fourth-order valence-electron chi connectivity index (χ4n) is 3.37. The highest BCUT2D eigenvalue weighted by Gasteiger charge is 2.18. The summed E-state index contributed by atoms with van der Waals surface area (Å²) < 4.78 is 22.0. The van der Waals surface area contributed by atoms with Crippen molar-refractivity contribution in [3.05, 3.63) is 53.6 Å². The molecule has 0 bridgehead atoms. The second-order valence-corrected chi connectivity index (χ2v) is 6.98. The van der Waals surface area contributed by atoms with Crippen molar-refractivity contribution in [1.29, 1.82) is 0 Å². The standard InChI is InChI=1S/C23H29NO5/c1-4-24(15-17-7-12-21(26-2)22(14-17)27-3)23(25)18-8-10-19(11-9-18)29-16-20-6-5-13-28-20/h7-12,14,20H,4-6,13,15-16H2,1-3H3/t20-/m1/s1. The summed E-state index contributed by atoms with van der Waals surface area (Å²) in [5.41, 5.74) is 1.62. The molecule has 29 heavy (non-hydrogen) atoms. The highest BCUT2D eigenvalue weighted by molar-refractivity contribution is 5.94. The Bertz CT molecular complexity index is 799. The van der Waals surface area contributed by atoms with Crippen molar-refractivity contribution in [2.24, 2.45) is 0 Å². The molecule has 3 rings (SSSR count). The molecule has 1 aliphatic rings. The summed E-state index contributed by atoms with van der Waals surface area (Å²) in [7, 11) is 3.21. The minimum Gasteiger partial charge on any atom is -0.493 e. The number of rotatable bonds is 9. The number of amides is 1. The Hall–Kier alpha value is -2.73. The van der Waals surface area contributed by atoms with E-state index in [-0.39, 0.29) is 12.0 Å². The highest BCUT2D eigenvalue weighted by atomic mass is 16.5. The molecule has 0 aromatic heterocycles. The zero-order valence-electron chi connectivity index (χ0n) is 17.3. The molecule has 1 fully saturated rings. The van der Waals surface area contributed by atoms with Gasteiger partial charge in [-0.15, -0.1) is 0 Å². The monoisotopic (exact) mass is 399 g/mol. The van der Waals surface area contributed by atoms with Gasteiger partial charge in [-0.25, -0.2) is 0 Å². The van der Waals surface area contributed by atoms with Crippen LogP contribution in [0.1, 0.15) is 35.7 Å². The Labute approximate surface area is 172 Å². The van der Waals surface area contributed by atoms with Gasteiger partial charge in [-0.2, -0.15) is 0 Å². The maximum atomic E-state index is 12.9. The molecule has 1 atom stereocenters. The summed E-state index contributed by atoms with van der Waals surface area (Å²) in [4.78, 5) is 14.7. The van der Waals surface area contributed by atoms with Crippen LogP contribution in [0.2, 0.25) is 0 Å². The Morgan fingerprint density at radius 1 is 1.10 bits per heavy atom. The molecule has 156 valence electrons. The van der Waals surface area contributed by atoms with Crippen LogP contribution in [0.3, 0.4) is 0 Å². The zero-order chi connectivity index (χ0) is 20.6. The second kappa shape index (κ2) is 10.2. The van der Waals surface area contributed by atoms with E-state index >= 15 is 0 Å². The predicted octanol–water partition coefficient (Wildman–Crippen LogP) is 3.92. The van der Waals surface area contributed by atoms with Crippen LogP contribution in [0.4, 0.5) is 0 Å². The molecule has 0 N–H and O–H groups in total. The molecular formula is C23H29NO5. The van der Waals surface area contributed by atoms with Gasteiger partial charge >= 0.3 is 0 Å². The smallest absolute Gasteiger partial charge is 0.254 e. The first kappa shape index (κ1) is 21.0. The predicted molar refractivity (Wildman–Crippen MR) is 111 cm³/mol. The normalized spacial score (nSPS) is 15.8. The number of carbonyl (C=O) groups is 1. The van der Waals surface area contributed by atoms with Crippen LogP contribution in [-0.4, -0.2) is 50.9 Å². The molecule has 1 heterocycles. The molecule has 1 amide bonds. The Kier molecular flexibility index (Phi) is 7.36. The van der Waals surface area contributed by atoms with Gasteiger partial charge in [-0.3, -0.25) is 4.79 Å². The lowest BCUT2D eigenvalue weighted by Crippen LogP contribution is -2.30. The van der Waals surface area contributed by atoms with Crippen molar-refractivity contribution in [3.8, 4) is 17.2 Å². The van der Waals surface area contributed by atoms with E-state index in [9.17, 15) is 4.79 Å². The summed E-state index contributed by atoms with van der Waals surface area (Å²) in [5.74, 6) is 2.05. The zero-order valence-corrected chi connectivity index (χ0v) is 17.3. The number of ether oxygens (including phenoxy) is 4. The van der Waals surface area contributed by atoms with Crippen LogP contribution in [0.5, 0.6) is 17.2 Å². The van der Waals surface area contributed by atoms with Gasteiger partial charge in [0, 0.05) is 25.3 Å². The average Bonchev–Trinajstić information content (AvgIpc) is 3.29. The lowest BCUT2D eigenvalue weighted by molar-refractivity contribution is 0.0678. The molecule has 1 aliphatic heterocycles. The summed E-state index contributed by atoms with van der Waals surface area (Å²) in [6.45, 7) is 4.43. The van der Waals surface area contributed by atoms with E-state index in [2.05, 4.69) is 0 Å². The van der Waals surface area contributed by atoms with Crippen molar-refractivity contribution in [2.45, 2.75) is 32.4 Å². The van der Waals surface area contributed by atoms with Crippen molar-refractivity contribution in [1.82, 2.24) is 4.90 Å². The average molecular weight is 399 g/mol. The van der Waals surface area contributed by atoms with Crippen molar-refractivity contribution in [2.75, 3.05) is 34.0 Å². The minimum atomic E-state index is -0.0204. The van der Waals surface area contributed by atoms with Crippen molar-refractivity contribution < 1.29 is 23.7 Å². The van der Waals surface area contributed by atoms with Crippen molar-refractivity contribution in [3.63, 3.8) is 0 Å². The number of carbonyl (C=O) groups excluding carboxylic acids is 1.